The molecular formula is C20H22N2O3. The van der Waals surface area contributed by atoms with Crippen LogP contribution in [-0.2, 0) is 22.0 Å². The Morgan fingerprint density at radius 2 is 1.84 bits per heavy atom. The number of ketones is 1. The van der Waals surface area contributed by atoms with Crippen molar-refractivity contribution in [1.29, 1.82) is 0 Å². The van der Waals surface area contributed by atoms with E-state index in [4.69, 9.17) is 4.74 Å². The van der Waals surface area contributed by atoms with Gasteiger partial charge in [-0.2, -0.15) is 0 Å². The number of benzene rings is 1. The summed E-state index contributed by atoms with van der Waals surface area (Å²) in [5.41, 5.74) is 3.31. The molecular weight excluding hydrogens is 316 g/mol. The third kappa shape index (κ3) is 2.97. The van der Waals surface area contributed by atoms with E-state index in [1.54, 1.807) is 36.0 Å². The average Bonchev–Trinajstić information content (AvgIpc) is 3.09. The molecule has 0 spiro atoms. The Labute approximate surface area is 147 Å². The van der Waals surface area contributed by atoms with Gasteiger partial charge in [0, 0.05) is 43.2 Å². The fourth-order valence-corrected chi connectivity index (χ4v) is 3.34. The topological polar surface area (TPSA) is 51.5 Å². The number of hydrogen-bond acceptors (Lipinski definition) is 4. The van der Waals surface area contributed by atoms with E-state index in [1.165, 1.54) is 5.56 Å². The van der Waals surface area contributed by atoms with E-state index in [-0.39, 0.29) is 17.8 Å². The Balaban J connectivity index is 1.74. The van der Waals surface area contributed by atoms with Crippen LogP contribution in [0.25, 0.3) is 0 Å². The largest absolute Gasteiger partial charge is 0.453 e. The van der Waals surface area contributed by atoms with E-state index in [2.05, 4.69) is 19.9 Å². The van der Waals surface area contributed by atoms with Crippen molar-refractivity contribution in [3.8, 4) is 0 Å². The smallest absolute Gasteiger partial charge is 0.355 e. The van der Waals surface area contributed by atoms with Crippen LogP contribution < -0.4 is 4.90 Å². The fourth-order valence-electron chi connectivity index (χ4n) is 3.34. The van der Waals surface area contributed by atoms with Crippen LogP contribution in [0, 0.1) is 0 Å². The van der Waals surface area contributed by atoms with Crippen molar-refractivity contribution in [2.75, 3.05) is 18.6 Å². The van der Waals surface area contributed by atoms with Crippen molar-refractivity contribution >= 4 is 17.4 Å². The van der Waals surface area contributed by atoms with Gasteiger partial charge in [-0.1, -0.05) is 32.0 Å². The molecule has 2 heterocycles. The number of likely N-dealkylation sites (N-methyl/N-ethyl adjacent to an activating group) is 1. The number of ether oxygens (including phenoxy) is 1. The van der Waals surface area contributed by atoms with Gasteiger partial charge < -0.3 is 14.2 Å². The normalized spacial score (nSPS) is 16.8. The van der Waals surface area contributed by atoms with Gasteiger partial charge in [0.1, 0.15) is 5.69 Å². The number of aryl methyl sites for hydroxylation is 1. The minimum Gasteiger partial charge on any atom is -0.453 e. The van der Waals surface area contributed by atoms with Gasteiger partial charge in [0.2, 0.25) is 0 Å². The van der Waals surface area contributed by atoms with Gasteiger partial charge in [0.15, 0.2) is 12.4 Å². The summed E-state index contributed by atoms with van der Waals surface area (Å²) in [5, 5.41) is 0. The van der Waals surface area contributed by atoms with Crippen molar-refractivity contribution in [3.63, 3.8) is 0 Å². The number of fused-ring (bicyclic) bond motifs is 1. The van der Waals surface area contributed by atoms with E-state index in [1.807, 2.05) is 30.1 Å². The molecule has 0 saturated carbocycles. The molecule has 0 N–H and O–H groups in total. The molecule has 1 aromatic carbocycles. The lowest BCUT2D eigenvalue weighted by Crippen LogP contribution is -2.25. The highest BCUT2D eigenvalue weighted by atomic mass is 16.5. The highest BCUT2D eigenvalue weighted by molar-refractivity contribution is 5.96. The SMILES string of the molecule is CN1C(=CC(=O)COC(=O)c2cccn2C)C(C)(C)c2ccccc21. The average molecular weight is 338 g/mol. The van der Waals surface area contributed by atoms with Crippen LogP contribution in [0.2, 0.25) is 0 Å². The molecule has 3 rings (SSSR count). The highest BCUT2D eigenvalue weighted by Crippen LogP contribution is 2.46. The quantitative estimate of drug-likeness (QED) is 0.635. The van der Waals surface area contributed by atoms with Crippen LogP contribution in [0.5, 0.6) is 0 Å². The Morgan fingerprint density at radius 3 is 2.48 bits per heavy atom. The molecule has 0 radical (unpaired) electrons. The zero-order valence-electron chi connectivity index (χ0n) is 14.9. The predicted octanol–water partition coefficient (Wildman–Crippen LogP) is 3.06. The van der Waals surface area contributed by atoms with Crippen molar-refractivity contribution in [3.05, 3.63) is 65.6 Å². The van der Waals surface area contributed by atoms with E-state index in [9.17, 15) is 9.59 Å². The van der Waals surface area contributed by atoms with Gasteiger partial charge in [-0.3, -0.25) is 4.79 Å². The number of esters is 1. The lowest BCUT2D eigenvalue weighted by Gasteiger charge is -2.23. The van der Waals surface area contributed by atoms with Crippen LogP contribution in [0.1, 0.15) is 29.9 Å². The van der Waals surface area contributed by atoms with Gasteiger partial charge >= 0.3 is 5.97 Å². The molecule has 2 aromatic rings. The van der Waals surface area contributed by atoms with Gasteiger partial charge in [0.05, 0.1) is 0 Å². The molecule has 0 amide bonds. The Morgan fingerprint density at radius 1 is 1.12 bits per heavy atom. The maximum atomic E-state index is 12.4. The Kier molecular flexibility index (Phi) is 4.25. The fraction of sp³-hybridized carbons (Fsp3) is 0.300. The molecule has 0 saturated heterocycles. The number of carbonyl (C=O) groups is 2. The van der Waals surface area contributed by atoms with Gasteiger partial charge in [-0.25, -0.2) is 4.79 Å². The molecule has 5 nitrogen and oxygen atoms in total. The first-order chi connectivity index (χ1) is 11.8. The van der Waals surface area contributed by atoms with Crippen molar-refractivity contribution in [2.24, 2.45) is 7.05 Å². The van der Waals surface area contributed by atoms with Crippen LogP contribution >= 0.6 is 0 Å². The summed E-state index contributed by atoms with van der Waals surface area (Å²) >= 11 is 0. The van der Waals surface area contributed by atoms with Crippen molar-refractivity contribution in [2.45, 2.75) is 19.3 Å². The standard InChI is InChI=1S/C20H22N2O3/c1-20(2)15-8-5-6-9-16(15)22(4)18(20)12-14(23)13-25-19(24)17-10-7-11-21(17)3/h5-12H,13H2,1-4H3. The van der Waals surface area contributed by atoms with Crippen LogP contribution in [-0.4, -0.2) is 30.0 Å². The summed E-state index contributed by atoms with van der Waals surface area (Å²) in [4.78, 5) is 26.4. The summed E-state index contributed by atoms with van der Waals surface area (Å²) in [6.07, 6.45) is 3.34. The molecule has 5 heteroatoms. The summed E-state index contributed by atoms with van der Waals surface area (Å²) in [5.74, 6) is -0.730. The summed E-state index contributed by atoms with van der Waals surface area (Å²) in [7, 11) is 3.70. The minimum atomic E-state index is -0.499. The third-order valence-corrected chi connectivity index (χ3v) is 4.74. The van der Waals surface area contributed by atoms with Crippen LogP contribution in [0.15, 0.2) is 54.4 Å². The maximum absolute atomic E-state index is 12.4. The molecule has 0 unspecified atom stereocenters. The van der Waals surface area contributed by atoms with E-state index >= 15 is 0 Å². The van der Waals surface area contributed by atoms with E-state index in [0.717, 1.165) is 11.4 Å². The molecule has 1 aliphatic heterocycles. The summed E-state index contributed by atoms with van der Waals surface area (Å²) < 4.78 is 6.81. The number of hydrogen-bond donors (Lipinski definition) is 0. The van der Waals surface area contributed by atoms with Gasteiger partial charge in [-0.15, -0.1) is 0 Å². The van der Waals surface area contributed by atoms with Gasteiger partial charge in [0.25, 0.3) is 0 Å². The molecule has 0 atom stereocenters. The molecule has 0 bridgehead atoms. The number of para-hydroxylation sites is 1. The number of aromatic nitrogens is 1. The first-order valence-corrected chi connectivity index (χ1v) is 8.19. The second-order valence-corrected chi connectivity index (χ2v) is 6.78. The molecule has 25 heavy (non-hydrogen) atoms. The lowest BCUT2D eigenvalue weighted by atomic mass is 9.83. The number of anilines is 1. The zero-order chi connectivity index (χ0) is 18.2. The Hall–Kier alpha value is -2.82. The zero-order valence-corrected chi connectivity index (χ0v) is 14.9. The summed E-state index contributed by atoms with van der Waals surface area (Å²) in [6.45, 7) is 3.91. The highest BCUT2D eigenvalue weighted by Gasteiger charge is 2.38. The van der Waals surface area contributed by atoms with E-state index < -0.39 is 5.97 Å². The van der Waals surface area contributed by atoms with Gasteiger partial charge in [-0.05, 0) is 23.8 Å². The van der Waals surface area contributed by atoms with Crippen molar-refractivity contribution in [1.82, 2.24) is 4.57 Å². The summed E-state index contributed by atoms with van der Waals surface area (Å²) in [6, 6.07) is 11.5. The number of nitrogens with zero attached hydrogens (tertiary/aromatic N) is 2. The van der Waals surface area contributed by atoms with Crippen molar-refractivity contribution < 1.29 is 14.3 Å². The third-order valence-electron chi connectivity index (χ3n) is 4.74. The number of allylic oxidation sites excluding steroid dienone is 1. The predicted molar refractivity (Wildman–Crippen MR) is 96.7 cm³/mol. The second kappa shape index (κ2) is 6.24. The first-order valence-electron chi connectivity index (χ1n) is 8.19. The first kappa shape index (κ1) is 17.0. The Bertz CT molecular complexity index is 861. The molecule has 1 aliphatic rings. The second-order valence-electron chi connectivity index (χ2n) is 6.78. The molecule has 0 fully saturated rings. The van der Waals surface area contributed by atoms with E-state index in [0.29, 0.717) is 5.69 Å². The number of rotatable bonds is 4. The maximum Gasteiger partial charge on any atom is 0.355 e. The lowest BCUT2D eigenvalue weighted by molar-refractivity contribution is -0.117. The molecule has 130 valence electrons. The minimum absolute atomic E-state index is 0.231. The van der Waals surface area contributed by atoms with Crippen LogP contribution in [0.3, 0.4) is 0 Å². The molecule has 1 aromatic heterocycles. The molecule has 0 aliphatic carbocycles. The number of carbonyl (C=O) groups excluding carboxylic acids is 2. The van der Waals surface area contributed by atoms with Crippen LogP contribution in [0.4, 0.5) is 5.69 Å². The monoisotopic (exact) mass is 338 g/mol.